The predicted molar refractivity (Wildman–Crippen MR) is 110 cm³/mol. The van der Waals surface area contributed by atoms with E-state index in [1.54, 1.807) is 16.5 Å². The molecule has 5 rings (SSSR count). The van der Waals surface area contributed by atoms with Crippen LogP contribution in [0.15, 0.2) is 58.3 Å². The van der Waals surface area contributed by atoms with Crippen LogP contribution in [0.1, 0.15) is 11.1 Å². The van der Waals surface area contributed by atoms with E-state index in [0.717, 1.165) is 22.5 Å². The minimum Gasteiger partial charge on any atom is -0.334 e. The normalized spacial score (nSPS) is 17.4. The number of hydrogen-bond donors (Lipinski definition) is 0. The zero-order valence-electron chi connectivity index (χ0n) is 15.5. The number of amides is 1. The molecule has 1 aromatic heterocycles. The maximum Gasteiger partial charge on any atom is 0.272 e. The van der Waals surface area contributed by atoms with Gasteiger partial charge in [0.2, 0.25) is 0 Å². The van der Waals surface area contributed by atoms with Gasteiger partial charge < -0.3 is 9.80 Å². The average molecular weight is 390 g/mol. The summed E-state index contributed by atoms with van der Waals surface area (Å²) < 4.78 is 2.12. The minimum absolute atomic E-state index is 0.145. The Balaban J connectivity index is 1.67. The Morgan fingerprint density at radius 2 is 1.89 bits per heavy atom. The summed E-state index contributed by atoms with van der Waals surface area (Å²) in [6.07, 6.45) is 0. The van der Waals surface area contributed by atoms with Gasteiger partial charge >= 0.3 is 0 Å². The lowest BCUT2D eigenvalue weighted by Crippen LogP contribution is -2.43. The van der Waals surface area contributed by atoms with Crippen molar-refractivity contribution < 1.29 is 4.79 Å². The summed E-state index contributed by atoms with van der Waals surface area (Å²) in [7, 11) is 1.74. The second-order valence-electron chi connectivity index (χ2n) is 7.02. The molecule has 0 saturated heterocycles. The van der Waals surface area contributed by atoms with E-state index in [0.29, 0.717) is 28.2 Å². The summed E-state index contributed by atoms with van der Waals surface area (Å²) >= 11 is 1.30. The molecule has 0 N–H and O–H groups in total. The molecule has 6 nitrogen and oxygen atoms in total. The smallest absolute Gasteiger partial charge is 0.272 e. The van der Waals surface area contributed by atoms with Gasteiger partial charge in [0.15, 0.2) is 4.80 Å². The van der Waals surface area contributed by atoms with Crippen LogP contribution in [-0.4, -0.2) is 24.2 Å². The molecular formula is C21H18N4O2S. The van der Waals surface area contributed by atoms with Gasteiger partial charge in [-0.05, 0) is 30.7 Å². The number of fused-ring (bicyclic) bond motifs is 2. The Bertz CT molecular complexity index is 1300. The number of aryl methyl sites for hydroxylation is 1. The van der Waals surface area contributed by atoms with E-state index in [-0.39, 0.29) is 11.5 Å². The maximum atomic E-state index is 13.2. The first-order chi connectivity index (χ1) is 13.5. The zero-order valence-corrected chi connectivity index (χ0v) is 16.4. The van der Waals surface area contributed by atoms with Crippen LogP contribution in [0.3, 0.4) is 0 Å². The summed E-state index contributed by atoms with van der Waals surface area (Å²) in [4.78, 5) is 35.0. The molecule has 140 valence electrons. The topological polar surface area (TPSA) is 57.9 Å². The molecule has 0 unspecified atom stereocenters. The molecule has 7 heteroatoms. The average Bonchev–Trinajstić information content (AvgIpc) is 3.16. The van der Waals surface area contributed by atoms with Crippen molar-refractivity contribution >= 4 is 34.2 Å². The fourth-order valence-electron chi connectivity index (χ4n) is 3.74. The third kappa shape index (κ3) is 2.43. The lowest BCUT2D eigenvalue weighted by molar-refractivity contribution is -0.112. The van der Waals surface area contributed by atoms with Gasteiger partial charge in [-0.2, -0.15) is 0 Å². The highest BCUT2D eigenvalue weighted by Gasteiger charge is 2.32. The fourth-order valence-corrected chi connectivity index (χ4v) is 4.79. The first-order valence-corrected chi connectivity index (χ1v) is 9.84. The van der Waals surface area contributed by atoms with Crippen molar-refractivity contribution in [1.29, 1.82) is 0 Å². The zero-order chi connectivity index (χ0) is 19.4. The van der Waals surface area contributed by atoms with Gasteiger partial charge in [0, 0.05) is 18.3 Å². The van der Waals surface area contributed by atoms with Crippen molar-refractivity contribution in [1.82, 2.24) is 4.57 Å². The van der Waals surface area contributed by atoms with Crippen LogP contribution < -0.4 is 24.7 Å². The minimum atomic E-state index is -0.158. The van der Waals surface area contributed by atoms with Crippen LogP contribution in [0.25, 0.3) is 5.57 Å². The summed E-state index contributed by atoms with van der Waals surface area (Å²) in [6.45, 7) is 2.96. The molecular weight excluding hydrogens is 372 g/mol. The standard InChI is InChI=1S/C21H18N4O2S/c1-13-6-5-7-14(10-13)24-11-22-21-25(12-24)20(27)18(28-21)17-15-8-3-4-9-16(15)23(2)19(17)26/h3-10H,11-12H2,1-2H3. The second kappa shape index (κ2) is 6.17. The molecule has 3 aromatic rings. The third-order valence-electron chi connectivity index (χ3n) is 5.20. The Morgan fingerprint density at radius 1 is 1.07 bits per heavy atom. The van der Waals surface area contributed by atoms with Crippen LogP contribution in [0.5, 0.6) is 0 Å². The molecule has 0 bridgehead atoms. The summed E-state index contributed by atoms with van der Waals surface area (Å²) in [6, 6.07) is 15.7. The molecule has 0 atom stereocenters. The fraction of sp³-hybridized carbons (Fsp3) is 0.190. The number of rotatable bonds is 1. The molecule has 0 radical (unpaired) electrons. The van der Waals surface area contributed by atoms with Crippen molar-refractivity contribution in [3.63, 3.8) is 0 Å². The van der Waals surface area contributed by atoms with Crippen molar-refractivity contribution in [3.8, 4) is 0 Å². The van der Waals surface area contributed by atoms with Gasteiger partial charge in [-0.15, -0.1) is 0 Å². The van der Waals surface area contributed by atoms with Crippen molar-refractivity contribution in [2.75, 3.05) is 23.5 Å². The lowest BCUT2D eigenvalue weighted by atomic mass is 10.1. The maximum absolute atomic E-state index is 13.2. The Labute approximate surface area is 165 Å². The van der Waals surface area contributed by atoms with E-state index in [1.165, 1.54) is 11.3 Å². The number of nitrogens with zero attached hydrogens (tertiary/aromatic N) is 4. The largest absolute Gasteiger partial charge is 0.334 e. The molecule has 1 amide bonds. The van der Waals surface area contributed by atoms with Crippen LogP contribution in [0.2, 0.25) is 0 Å². The van der Waals surface area contributed by atoms with Crippen molar-refractivity contribution in [2.45, 2.75) is 13.6 Å². The second-order valence-corrected chi connectivity index (χ2v) is 8.00. The van der Waals surface area contributed by atoms with E-state index >= 15 is 0 Å². The van der Waals surface area contributed by atoms with Crippen molar-refractivity contribution in [3.05, 3.63) is 79.3 Å². The highest BCUT2D eigenvalue weighted by molar-refractivity contribution is 7.07. The first-order valence-electron chi connectivity index (χ1n) is 9.02. The Hall–Kier alpha value is -3.19. The monoisotopic (exact) mass is 390 g/mol. The number of para-hydroxylation sites is 1. The van der Waals surface area contributed by atoms with Gasteiger partial charge in [-0.25, -0.2) is 4.99 Å². The third-order valence-corrected chi connectivity index (χ3v) is 6.31. The Kier molecular flexibility index (Phi) is 3.73. The SMILES string of the molecule is Cc1cccc(N2CN=c3sc(=C4C(=O)N(C)c5ccccc54)c(=O)n3C2)c1. The van der Waals surface area contributed by atoms with E-state index in [2.05, 4.69) is 16.0 Å². The van der Waals surface area contributed by atoms with E-state index in [4.69, 9.17) is 0 Å². The number of carbonyl (C=O) groups excluding carboxylic acids is 1. The number of likely N-dealkylation sites (N-methyl/N-ethyl adjacent to an activating group) is 1. The van der Waals surface area contributed by atoms with Gasteiger partial charge in [-0.1, -0.05) is 41.7 Å². The van der Waals surface area contributed by atoms with Crippen molar-refractivity contribution in [2.24, 2.45) is 4.99 Å². The van der Waals surface area contributed by atoms with Gasteiger partial charge in [0.05, 0.1) is 11.3 Å². The van der Waals surface area contributed by atoms with Crippen LogP contribution in [-0.2, 0) is 11.5 Å². The Morgan fingerprint density at radius 3 is 2.71 bits per heavy atom. The number of carbonyl (C=O) groups is 1. The molecule has 0 aliphatic carbocycles. The lowest BCUT2D eigenvalue weighted by Gasteiger charge is -2.25. The summed E-state index contributed by atoms with van der Waals surface area (Å²) in [5.74, 6) is -0.145. The van der Waals surface area contributed by atoms with Gasteiger partial charge in [0.25, 0.3) is 11.5 Å². The van der Waals surface area contributed by atoms with Crippen LogP contribution in [0.4, 0.5) is 11.4 Å². The summed E-state index contributed by atoms with van der Waals surface area (Å²) in [5, 5.41) is 0. The quantitative estimate of drug-likeness (QED) is 0.632. The van der Waals surface area contributed by atoms with Gasteiger partial charge in [-0.3, -0.25) is 14.2 Å². The predicted octanol–water partition coefficient (Wildman–Crippen LogP) is 1.45. The molecule has 0 fully saturated rings. The summed E-state index contributed by atoms with van der Waals surface area (Å²) in [5.41, 5.74) is 4.15. The molecule has 2 aliphatic rings. The highest BCUT2D eigenvalue weighted by Crippen LogP contribution is 2.33. The molecule has 2 aliphatic heterocycles. The number of anilines is 2. The first kappa shape index (κ1) is 16.9. The highest BCUT2D eigenvalue weighted by atomic mass is 32.1. The van der Waals surface area contributed by atoms with Crippen LogP contribution in [0, 0.1) is 6.92 Å². The molecule has 0 spiro atoms. The van der Waals surface area contributed by atoms with Gasteiger partial charge in [0.1, 0.15) is 17.9 Å². The molecule has 3 heterocycles. The number of benzene rings is 2. The molecule has 2 aromatic carbocycles. The van der Waals surface area contributed by atoms with Crippen LogP contribution >= 0.6 is 11.3 Å². The van der Waals surface area contributed by atoms with E-state index in [1.807, 2.05) is 49.4 Å². The number of thiazole rings is 1. The number of hydrogen-bond acceptors (Lipinski definition) is 5. The molecule has 0 saturated carbocycles. The van der Waals surface area contributed by atoms with E-state index < -0.39 is 0 Å². The number of aromatic nitrogens is 1. The molecule has 28 heavy (non-hydrogen) atoms. The van der Waals surface area contributed by atoms with E-state index in [9.17, 15) is 9.59 Å².